The van der Waals surface area contributed by atoms with Crippen LogP contribution in [0.5, 0.6) is 0 Å². The molecule has 0 amide bonds. The summed E-state index contributed by atoms with van der Waals surface area (Å²) in [7, 11) is 0. The Labute approximate surface area is 443 Å². The van der Waals surface area contributed by atoms with Gasteiger partial charge in [-0.3, -0.25) is 28.7 Å². The molecule has 8 aromatic rings. The third-order valence-corrected chi connectivity index (χ3v) is 12.9. The smallest absolute Gasteiger partial charge is 0.382 e. The van der Waals surface area contributed by atoms with E-state index in [0.29, 0.717) is 43.7 Å². The average Bonchev–Trinajstić information content (AvgIpc) is 4.04. The number of halogens is 10. The standard InChI is InChI=1S/2C24H20ClF4N7O3/c2*25-15-3-1-13(2-4-15)22-33-35(23(39)34(22)10-20(38)24(27,28)29)11-21-31-12-36(32-21)18-9-30-6-5-14(18)7-19(37)16-8-17(16)26/h2*1-6,9,12,16-17,20,38H,7-8,10-11H2/t16-,17+,20+;16-,17+,20-/m10/s1. The van der Waals surface area contributed by atoms with Gasteiger partial charge in [-0.25, -0.2) is 47.1 Å². The van der Waals surface area contributed by atoms with Crippen molar-refractivity contribution in [1.29, 1.82) is 0 Å². The Morgan fingerprint density at radius 2 is 0.949 bits per heavy atom. The molecule has 6 atom stereocenters. The van der Waals surface area contributed by atoms with Crippen LogP contribution in [0, 0.1) is 11.8 Å². The number of Topliss-reactive ketones (excluding diaryl/α,β-unsaturated/α-hetero) is 2. The Bertz CT molecular complexity index is 3360. The third kappa shape index (κ3) is 12.6. The van der Waals surface area contributed by atoms with Gasteiger partial charge < -0.3 is 10.2 Å². The highest BCUT2D eigenvalue weighted by atomic mass is 35.5. The first-order chi connectivity index (χ1) is 37.0. The minimum absolute atomic E-state index is 0.0199. The summed E-state index contributed by atoms with van der Waals surface area (Å²) < 4.78 is 111. The Morgan fingerprint density at radius 1 is 0.590 bits per heavy atom. The fourth-order valence-corrected chi connectivity index (χ4v) is 8.26. The number of benzene rings is 2. The number of aliphatic hydroxyl groups is 2. The van der Waals surface area contributed by atoms with Crippen LogP contribution in [0.3, 0.4) is 0 Å². The summed E-state index contributed by atoms with van der Waals surface area (Å²) in [5.41, 5.74) is 0.728. The summed E-state index contributed by atoms with van der Waals surface area (Å²) in [6.45, 7) is -2.75. The van der Waals surface area contributed by atoms with E-state index in [1.807, 2.05) is 0 Å². The first-order valence-corrected chi connectivity index (χ1v) is 24.2. The lowest BCUT2D eigenvalue weighted by Crippen LogP contribution is -2.37. The van der Waals surface area contributed by atoms with Crippen molar-refractivity contribution in [3.63, 3.8) is 0 Å². The lowest BCUT2D eigenvalue weighted by Gasteiger charge is -2.15. The van der Waals surface area contributed by atoms with E-state index < -0.39 is 73.2 Å². The number of alkyl halides is 8. The van der Waals surface area contributed by atoms with Crippen molar-refractivity contribution < 1.29 is 54.9 Å². The quantitative estimate of drug-likeness (QED) is 0.100. The maximum absolute atomic E-state index is 13.3. The number of aromatic nitrogens is 14. The molecule has 0 saturated heterocycles. The van der Waals surface area contributed by atoms with Crippen LogP contribution in [-0.4, -0.2) is 127 Å². The zero-order valence-electron chi connectivity index (χ0n) is 39.9. The van der Waals surface area contributed by atoms with Crippen LogP contribution >= 0.6 is 23.2 Å². The van der Waals surface area contributed by atoms with Gasteiger partial charge in [0.1, 0.15) is 49.7 Å². The van der Waals surface area contributed by atoms with Gasteiger partial charge >= 0.3 is 23.7 Å². The Hall–Kier alpha value is -7.82. The van der Waals surface area contributed by atoms with Crippen molar-refractivity contribution in [3.8, 4) is 34.2 Å². The van der Waals surface area contributed by atoms with Crippen molar-refractivity contribution in [1.82, 2.24) is 68.2 Å². The van der Waals surface area contributed by atoms with E-state index in [9.17, 15) is 64.5 Å². The number of aliphatic hydroxyl groups excluding tert-OH is 2. The molecule has 2 aromatic carbocycles. The number of hydrogen-bond acceptors (Lipinski definition) is 14. The van der Waals surface area contributed by atoms with Crippen LogP contribution in [0.4, 0.5) is 35.1 Å². The van der Waals surface area contributed by atoms with Crippen LogP contribution < -0.4 is 11.4 Å². The highest BCUT2D eigenvalue weighted by Gasteiger charge is 2.44. The monoisotopic (exact) mass is 1130 g/mol. The molecule has 2 fully saturated rings. The highest BCUT2D eigenvalue weighted by molar-refractivity contribution is 6.30. The minimum atomic E-state index is -4.95. The van der Waals surface area contributed by atoms with E-state index in [1.54, 1.807) is 12.1 Å². The molecule has 0 unspecified atom stereocenters. The Morgan fingerprint density at radius 3 is 1.28 bits per heavy atom. The topological polar surface area (TPSA) is 241 Å². The molecule has 30 heteroatoms. The van der Waals surface area contributed by atoms with E-state index in [-0.39, 0.29) is 73.6 Å². The fourth-order valence-electron chi connectivity index (χ4n) is 8.01. The molecule has 2 aliphatic rings. The molecular formula is C48H40Cl2F8N14O6. The third-order valence-electron chi connectivity index (χ3n) is 12.4. The largest absolute Gasteiger partial charge is 0.416 e. The lowest BCUT2D eigenvalue weighted by atomic mass is 10.1. The lowest BCUT2D eigenvalue weighted by molar-refractivity contribution is -0.207. The maximum atomic E-state index is 13.3. The van der Waals surface area contributed by atoms with Gasteiger partial charge in [0, 0.05) is 46.4 Å². The highest BCUT2D eigenvalue weighted by Crippen LogP contribution is 2.37. The molecule has 10 rings (SSSR count). The average molecular weight is 1130 g/mol. The molecule has 0 spiro atoms. The number of carbonyl (C=O) groups is 2. The summed E-state index contributed by atoms with van der Waals surface area (Å²) in [5.74, 6) is -1.72. The van der Waals surface area contributed by atoms with Gasteiger partial charge in [-0.15, -0.1) is 20.4 Å². The van der Waals surface area contributed by atoms with Crippen LogP contribution in [-0.2, 0) is 48.6 Å². The summed E-state index contributed by atoms with van der Waals surface area (Å²) in [6.07, 6.45) is -8.80. The van der Waals surface area contributed by atoms with Crippen LogP contribution in [0.1, 0.15) is 35.6 Å². The van der Waals surface area contributed by atoms with Gasteiger partial charge in [0.25, 0.3) is 0 Å². The number of nitrogens with zero attached hydrogens (tertiary/aromatic N) is 14. The van der Waals surface area contributed by atoms with E-state index in [0.717, 1.165) is 18.5 Å². The molecule has 2 N–H and O–H groups in total. The van der Waals surface area contributed by atoms with Crippen LogP contribution in [0.15, 0.2) is 108 Å². The second-order valence-corrected chi connectivity index (χ2v) is 19.0. The number of rotatable bonds is 18. The molecule has 0 aliphatic heterocycles. The van der Waals surface area contributed by atoms with E-state index in [1.165, 1.54) is 95.3 Å². The van der Waals surface area contributed by atoms with Crippen LogP contribution in [0.25, 0.3) is 34.2 Å². The Kier molecular flexibility index (Phi) is 15.7. The summed E-state index contributed by atoms with van der Waals surface area (Å²) in [6, 6.07) is 15.1. The van der Waals surface area contributed by atoms with Crippen molar-refractivity contribution >= 4 is 34.8 Å². The van der Waals surface area contributed by atoms with Gasteiger partial charge in [0.05, 0.1) is 48.7 Å². The minimum Gasteiger partial charge on any atom is -0.382 e. The predicted molar refractivity (Wildman–Crippen MR) is 258 cm³/mol. The van der Waals surface area contributed by atoms with Gasteiger partial charge in [-0.1, -0.05) is 23.2 Å². The van der Waals surface area contributed by atoms with E-state index in [2.05, 4.69) is 40.3 Å². The molecule has 408 valence electrons. The van der Waals surface area contributed by atoms with Gasteiger partial charge in [0.15, 0.2) is 35.5 Å². The van der Waals surface area contributed by atoms with Crippen LogP contribution in [0.2, 0.25) is 10.0 Å². The number of ketones is 2. The molecule has 6 heterocycles. The first kappa shape index (κ1) is 55.0. The molecule has 6 aromatic heterocycles. The molecule has 0 radical (unpaired) electrons. The molecule has 20 nitrogen and oxygen atoms in total. The fraction of sp³-hybridized carbons (Fsp3) is 0.333. The second-order valence-electron chi connectivity index (χ2n) is 18.1. The predicted octanol–water partition coefficient (Wildman–Crippen LogP) is 5.56. The zero-order chi connectivity index (χ0) is 55.8. The SMILES string of the molecule is O=C(Cc1ccncc1-n1cnc(Cn2nc(-c3ccc(Cl)cc3)n(C[C@H](O)C(F)(F)F)c2=O)n1)[C@@H]1C[C@@H]1F.O=C(Cc1ccncc1-n1cnc(Cn2nc(-c3ccc(Cl)cc3)n(C[C@H](O)C(F)(F)F)c2=O)n1)[C@H]1C[C@H]1F. The van der Waals surface area contributed by atoms with Crippen molar-refractivity contribution in [3.05, 3.63) is 152 Å². The second kappa shape index (κ2) is 22.3. The van der Waals surface area contributed by atoms with Crippen molar-refractivity contribution in [2.45, 2.75) is 88.8 Å². The summed E-state index contributed by atoms with van der Waals surface area (Å²) >= 11 is 11.8. The first-order valence-electron chi connectivity index (χ1n) is 23.4. The molecule has 78 heavy (non-hydrogen) atoms. The molecule has 2 aliphatic carbocycles. The number of pyridine rings is 2. The van der Waals surface area contributed by atoms with Gasteiger partial charge in [0.2, 0.25) is 0 Å². The molecule has 0 bridgehead atoms. The van der Waals surface area contributed by atoms with E-state index in [4.69, 9.17) is 23.2 Å². The number of carbonyl (C=O) groups excluding carboxylic acids is 2. The van der Waals surface area contributed by atoms with E-state index >= 15 is 0 Å². The normalized spacial score (nSPS) is 17.8. The molecule has 2 saturated carbocycles. The van der Waals surface area contributed by atoms with Gasteiger partial charge in [-0.05, 0) is 84.6 Å². The Balaban J connectivity index is 0.000000190. The van der Waals surface area contributed by atoms with Crippen molar-refractivity contribution in [2.24, 2.45) is 11.8 Å². The summed E-state index contributed by atoms with van der Waals surface area (Å²) in [5, 5.41) is 37.0. The van der Waals surface area contributed by atoms with Crippen molar-refractivity contribution in [2.75, 3.05) is 0 Å². The maximum Gasteiger partial charge on any atom is 0.416 e. The number of hydrogen-bond donors (Lipinski definition) is 2. The van der Waals surface area contributed by atoms with Gasteiger partial charge in [-0.2, -0.15) is 26.3 Å². The molecular weight excluding hydrogens is 1090 g/mol. The summed E-state index contributed by atoms with van der Waals surface area (Å²) in [4.78, 5) is 67.1. The zero-order valence-corrected chi connectivity index (χ0v) is 41.4.